The number of Topliss-reactive ketones (excluding diaryl/α,β-unsaturated/α-hetero) is 1. The predicted molar refractivity (Wildman–Crippen MR) is 132 cm³/mol. The minimum atomic E-state index is -1.16. The van der Waals surface area contributed by atoms with Gasteiger partial charge in [-0.3, -0.25) is 19.5 Å². The number of rotatable bonds is 5. The summed E-state index contributed by atoms with van der Waals surface area (Å²) in [4.78, 5) is 31.5. The van der Waals surface area contributed by atoms with Crippen LogP contribution in [-0.4, -0.2) is 28.4 Å². The average Bonchev–Trinajstić information content (AvgIpc) is 3.11. The van der Waals surface area contributed by atoms with Crippen LogP contribution in [0.4, 0.5) is 14.5 Å². The summed E-state index contributed by atoms with van der Waals surface area (Å²) < 4.78 is 33.4. The summed E-state index contributed by atoms with van der Waals surface area (Å²) in [5, 5.41) is 11.4. The Kier molecular flexibility index (Phi) is 6.63. The van der Waals surface area contributed by atoms with E-state index in [1.165, 1.54) is 18.5 Å². The number of pyridine rings is 1. The van der Waals surface area contributed by atoms with Gasteiger partial charge in [-0.25, -0.2) is 8.78 Å². The number of nitrogens with zero attached hydrogens (tertiary/aromatic N) is 2. The molecule has 4 rings (SSSR count). The van der Waals surface area contributed by atoms with Gasteiger partial charge in [-0.15, -0.1) is 0 Å². The Balaban J connectivity index is 1.94. The van der Waals surface area contributed by atoms with Crippen molar-refractivity contribution in [2.24, 2.45) is 0 Å². The Hall–Kier alpha value is -4.07. The fraction of sp³-hybridized carbons (Fsp3) is 0.250. The molecule has 1 unspecified atom stereocenters. The third-order valence-corrected chi connectivity index (χ3v) is 6.01. The van der Waals surface area contributed by atoms with E-state index < -0.39 is 29.4 Å². The molecule has 3 aromatic rings. The molecule has 2 heterocycles. The quantitative estimate of drug-likeness (QED) is 0.282. The van der Waals surface area contributed by atoms with Crippen LogP contribution in [0.1, 0.15) is 50.4 Å². The third-order valence-electron chi connectivity index (χ3n) is 6.01. The van der Waals surface area contributed by atoms with Crippen LogP contribution in [0.2, 0.25) is 0 Å². The van der Waals surface area contributed by atoms with Crippen LogP contribution in [-0.2, 0) is 15.0 Å². The summed E-state index contributed by atoms with van der Waals surface area (Å²) in [6.07, 6.45) is 2.96. The molecule has 1 amide bonds. The largest absolute Gasteiger partial charge is 0.507 e. The smallest absolute Gasteiger partial charge is 0.300 e. The van der Waals surface area contributed by atoms with Gasteiger partial charge in [0, 0.05) is 35.3 Å². The van der Waals surface area contributed by atoms with E-state index in [1.807, 2.05) is 27.7 Å². The number of amides is 1. The van der Waals surface area contributed by atoms with Gasteiger partial charge in [0.15, 0.2) is 11.6 Å². The number of aliphatic hydroxyl groups is 1. The Labute approximate surface area is 207 Å². The first-order chi connectivity index (χ1) is 17.0. The molecule has 1 saturated heterocycles. The third kappa shape index (κ3) is 4.46. The molecule has 1 N–H and O–H groups in total. The molecule has 2 aromatic carbocycles. The number of ketones is 1. The Morgan fingerprint density at radius 2 is 1.72 bits per heavy atom. The Bertz CT molecular complexity index is 1360. The lowest BCUT2D eigenvalue weighted by Gasteiger charge is -2.26. The molecule has 0 spiro atoms. The van der Waals surface area contributed by atoms with E-state index in [0.29, 0.717) is 23.5 Å². The summed E-state index contributed by atoms with van der Waals surface area (Å²) in [5.41, 5.74) is 1.08. The highest BCUT2D eigenvalue weighted by Gasteiger charge is 2.47. The number of hydrogen-bond donors (Lipinski definition) is 1. The van der Waals surface area contributed by atoms with Crippen LogP contribution in [0.5, 0.6) is 5.75 Å². The van der Waals surface area contributed by atoms with E-state index in [0.717, 1.165) is 22.6 Å². The SMILES string of the molecule is CCOc1ccc(/C(O)=C2/C(=O)C(=O)N(c3ccc(F)c(F)c3)C2c2ccncc2)cc1C(C)(C)C. The molecule has 1 atom stereocenters. The first-order valence-electron chi connectivity index (χ1n) is 11.5. The van der Waals surface area contributed by atoms with Gasteiger partial charge in [-0.05, 0) is 60.4 Å². The first-order valence-corrected chi connectivity index (χ1v) is 11.5. The number of carbonyl (C=O) groups excluding carboxylic acids is 2. The number of aliphatic hydroxyl groups excluding tert-OH is 1. The minimum absolute atomic E-state index is 0.0149. The highest BCUT2D eigenvalue weighted by molar-refractivity contribution is 6.51. The fourth-order valence-electron chi connectivity index (χ4n) is 4.30. The first kappa shape index (κ1) is 25.0. The Morgan fingerprint density at radius 1 is 1.03 bits per heavy atom. The maximum Gasteiger partial charge on any atom is 0.300 e. The molecule has 1 aliphatic rings. The summed E-state index contributed by atoms with van der Waals surface area (Å²) >= 11 is 0. The monoisotopic (exact) mass is 492 g/mol. The average molecular weight is 493 g/mol. The van der Waals surface area contributed by atoms with Crippen LogP contribution < -0.4 is 9.64 Å². The van der Waals surface area contributed by atoms with Crippen molar-refractivity contribution in [2.75, 3.05) is 11.5 Å². The molecule has 1 fully saturated rings. The van der Waals surface area contributed by atoms with Gasteiger partial charge in [0.05, 0.1) is 18.2 Å². The number of aromatic nitrogens is 1. The number of ether oxygens (including phenoxy) is 1. The molecule has 0 aliphatic carbocycles. The van der Waals surface area contributed by atoms with Crippen molar-refractivity contribution in [3.8, 4) is 5.75 Å². The second-order valence-electron chi connectivity index (χ2n) is 9.44. The number of benzene rings is 2. The van der Waals surface area contributed by atoms with Crippen LogP contribution in [0.25, 0.3) is 5.76 Å². The van der Waals surface area contributed by atoms with Crippen molar-refractivity contribution >= 4 is 23.1 Å². The summed E-state index contributed by atoms with van der Waals surface area (Å²) in [5.74, 6) is -3.89. The molecule has 36 heavy (non-hydrogen) atoms. The standard InChI is InChI=1S/C28H26F2N2O4/c1-5-36-22-9-6-17(14-19(22)28(2,3)4)25(33)23-24(16-10-12-31-13-11-16)32(27(35)26(23)34)18-7-8-20(29)21(30)15-18/h6-15,24,33H,5H2,1-4H3/b25-23-. The molecule has 186 valence electrons. The number of carbonyl (C=O) groups is 2. The van der Waals surface area contributed by atoms with Gasteiger partial charge in [0.25, 0.3) is 11.7 Å². The zero-order chi connectivity index (χ0) is 26.2. The van der Waals surface area contributed by atoms with E-state index in [4.69, 9.17) is 4.74 Å². The molecular formula is C28H26F2N2O4. The second-order valence-corrected chi connectivity index (χ2v) is 9.44. The topological polar surface area (TPSA) is 79.7 Å². The van der Waals surface area contributed by atoms with Crippen LogP contribution >= 0.6 is 0 Å². The van der Waals surface area contributed by atoms with Crippen molar-refractivity contribution in [2.45, 2.75) is 39.2 Å². The van der Waals surface area contributed by atoms with Gasteiger partial charge >= 0.3 is 0 Å². The zero-order valence-electron chi connectivity index (χ0n) is 20.4. The van der Waals surface area contributed by atoms with Crippen molar-refractivity contribution in [1.82, 2.24) is 4.98 Å². The molecule has 8 heteroatoms. The van der Waals surface area contributed by atoms with E-state index in [9.17, 15) is 23.5 Å². The zero-order valence-corrected chi connectivity index (χ0v) is 20.4. The summed E-state index contributed by atoms with van der Waals surface area (Å²) in [6.45, 7) is 8.31. The number of anilines is 1. The predicted octanol–water partition coefficient (Wildman–Crippen LogP) is 5.68. The number of hydrogen-bond acceptors (Lipinski definition) is 5. The van der Waals surface area contributed by atoms with Crippen molar-refractivity contribution in [3.63, 3.8) is 0 Å². The number of halogens is 2. The summed E-state index contributed by atoms with van der Waals surface area (Å²) in [7, 11) is 0. The lowest BCUT2D eigenvalue weighted by molar-refractivity contribution is -0.132. The van der Waals surface area contributed by atoms with Gasteiger partial charge in [0.1, 0.15) is 11.5 Å². The molecule has 0 radical (unpaired) electrons. The Morgan fingerprint density at radius 3 is 2.33 bits per heavy atom. The van der Waals surface area contributed by atoms with Gasteiger partial charge in [0.2, 0.25) is 0 Å². The van der Waals surface area contributed by atoms with E-state index in [-0.39, 0.29) is 22.4 Å². The van der Waals surface area contributed by atoms with Crippen molar-refractivity contribution < 1.29 is 28.2 Å². The van der Waals surface area contributed by atoms with Gasteiger partial charge in [-0.2, -0.15) is 0 Å². The van der Waals surface area contributed by atoms with Crippen LogP contribution in [0.3, 0.4) is 0 Å². The fourth-order valence-corrected chi connectivity index (χ4v) is 4.30. The maximum absolute atomic E-state index is 14.1. The molecule has 0 bridgehead atoms. The molecule has 1 aromatic heterocycles. The van der Waals surface area contributed by atoms with Crippen LogP contribution in [0, 0.1) is 11.6 Å². The molecule has 0 saturated carbocycles. The van der Waals surface area contributed by atoms with E-state index in [2.05, 4.69) is 4.98 Å². The second kappa shape index (κ2) is 9.53. The normalized spacial score (nSPS) is 17.5. The maximum atomic E-state index is 14.1. The van der Waals surface area contributed by atoms with E-state index >= 15 is 0 Å². The van der Waals surface area contributed by atoms with Crippen molar-refractivity contribution in [3.05, 3.63) is 94.8 Å². The lowest BCUT2D eigenvalue weighted by Crippen LogP contribution is -2.29. The highest BCUT2D eigenvalue weighted by atomic mass is 19.2. The van der Waals surface area contributed by atoms with Gasteiger partial charge < -0.3 is 9.84 Å². The van der Waals surface area contributed by atoms with E-state index in [1.54, 1.807) is 30.3 Å². The lowest BCUT2D eigenvalue weighted by atomic mass is 9.84. The molecule has 1 aliphatic heterocycles. The molecular weight excluding hydrogens is 466 g/mol. The minimum Gasteiger partial charge on any atom is -0.507 e. The molecule has 6 nitrogen and oxygen atoms in total. The highest BCUT2D eigenvalue weighted by Crippen LogP contribution is 2.43. The summed E-state index contributed by atoms with van der Waals surface area (Å²) in [6, 6.07) is 10.1. The van der Waals surface area contributed by atoms with Gasteiger partial charge in [-0.1, -0.05) is 20.8 Å². The van der Waals surface area contributed by atoms with Crippen LogP contribution in [0.15, 0.2) is 66.5 Å². The van der Waals surface area contributed by atoms with Crippen molar-refractivity contribution in [1.29, 1.82) is 0 Å².